The number of nitrogens with zero attached hydrogens (tertiary/aromatic N) is 1. The Morgan fingerprint density at radius 1 is 1.22 bits per heavy atom. The maximum absolute atomic E-state index is 13.4. The summed E-state index contributed by atoms with van der Waals surface area (Å²) < 4.78 is 26.3. The van der Waals surface area contributed by atoms with Gasteiger partial charge in [-0.05, 0) is 31.2 Å². The molecular weight excluding hydrogens is 238 g/mol. The van der Waals surface area contributed by atoms with Crippen molar-refractivity contribution in [1.82, 2.24) is 4.98 Å². The summed E-state index contributed by atoms with van der Waals surface area (Å²) in [6.45, 7) is 1.66. The van der Waals surface area contributed by atoms with Crippen LogP contribution in [-0.4, -0.2) is 10.9 Å². The van der Waals surface area contributed by atoms with Crippen molar-refractivity contribution in [3.8, 4) is 0 Å². The van der Waals surface area contributed by atoms with Crippen molar-refractivity contribution >= 4 is 11.6 Å². The Morgan fingerprint density at radius 2 is 2.00 bits per heavy atom. The maximum atomic E-state index is 13.4. The Hall–Kier alpha value is -2.30. The molecule has 3 nitrogen and oxygen atoms in total. The first-order valence-electron chi connectivity index (χ1n) is 5.26. The SMILES string of the molecule is Cc1ncccc1C(=O)Nc1cccc(F)c1F. The molecule has 1 N–H and O–H groups in total. The Labute approximate surface area is 102 Å². The van der Waals surface area contributed by atoms with Crippen molar-refractivity contribution in [3.05, 3.63) is 59.4 Å². The topological polar surface area (TPSA) is 42.0 Å². The van der Waals surface area contributed by atoms with E-state index in [1.807, 2.05) is 0 Å². The van der Waals surface area contributed by atoms with Gasteiger partial charge in [0.05, 0.1) is 11.3 Å². The van der Waals surface area contributed by atoms with E-state index in [1.165, 1.54) is 12.1 Å². The first kappa shape index (κ1) is 12.2. The average Bonchev–Trinajstić information content (AvgIpc) is 2.35. The third-order valence-corrected chi connectivity index (χ3v) is 2.45. The molecule has 18 heavy (non-hydrogen) atoms. The number of carbonyl (C=O) groups is 1. The summed E-state index contributed by atoms with van der Waals surface area (Å²) in [5, 5.41) is 2.31. The Kier molecular flexibility index (Phi) is 3.32. The van der Waals surface area contributed by atoms with Gasteiger partial charge in [-0.25, -0.2) is 8.78 Å². The second-order valence-electron chi connectivity index (χ2n) is 3.69. The number of anilines is 1. The zero-order chi connectivity index (χ0) is 13.1. The summed E-state index contributed by atoms with van der Waals surface area (Å²) in [6.07, 6.45) is 1.55. The Balaban J connectivity index is 2.27. The van der Waals surface area contributed by atoms with Crippen LogP contribution in [0.3, 0.4) is 0 Å². The summed E-state index contributed by atoms with van der Waals surface area (Å²) in [4.78, 5) is 15.8. The van der Waals surface area contributed by atoms with Gasteiger partial charge in [-0.15, -0.1) is 0 Å². The zero-order valence-corrected chi connectivity index (χ0v) is 9.58. The molecule has 0 aliphatic rings. The van der Waals surface area contributed by atoms with Crippen LogP contribution < -0.4 is 5.32 Å². The van der Waals surface area contributed by atoms with Crippen molar-refractivity contribution in [3.63, 3.8) is 0 Å². The lowest BCUT2D eigenvalue weighted by Gasteiger charge is -2.08. The van der Waals surface area contributed by atoms with Gasteiger partial charge in [-0.3, -0.25) is 9.78 Å². The van der Waals surface area contributed by atoms with E-state index in [4.69, 9.17) is 0 Å². The number of nitrogens with one attached hydrogen (secondary N) is 1. The molecule has 0 atom stereocenters. The molecule has 92 valence electrons. The molecule has 2 rings (SSSR count). The lowest BCUT2D eigenvalue weighted by Crippen LogP contribution is -2.15. The first-order chi connectivity index (χ1) is 8.59. The first-order valence-corrected chi connectivity index (χ1v) is 5.26. The molecule has 0 saturated heterocycles. The maximum Gasteiger partial charge on any atom is 0.257 e. The van der Waals surface area contributed by atoms with Crippen molar-refractivity contribution in [2.24, 2.45) is 0 Å². The standard InChI is InChI=1S/C13H10F2N2O/c1-8-9(4-3-7-16-8)13(18)17-11-6-2-5-10(14)12(11)15/h2-7H,1H3,(H,17,18). The summed E-state index contributed by atoms with van der Waals surface area (Å²) >= 11 is 0. The van der Waals surface area contributed by atoms with Gasteiger partial charge in [-0.1, -0.05) is 6.07 Å². The molecule has 1 amide bonds. The van der Waals surface area contributed by atoms with Crippen LogP contribution in [0, 0.1) is 18.6 Å². The third-order valence-electron chi connectivity index (χ3n) is 2.45. The van der Waals surface area contributed by atoms with Gasteiger partial charge in [-0.2, -0.15) is 0 Å². The van der Waals surface area contributed by atoms with Crippen LogP contribution >= 0.6 is 0 Å². The number of rotatable bonds is 2. The van der Waals surface area contributed by atoms with E-state index in [9.17, 15) is 13.6 Å². The highest BCUT2D eigenvalue weighted by Crippen LogP contribution is 2.17. The van der Waals surface area contributed by atoms with Crippen molar-refractivity contribution < 1.29 is 13.6 Å². The van der Waals surface area contributed by atoms with E-state index in [-0.39, 0.29) is 5.69 Å². The number of hydrogen-bond donors (Lipinski definition) is 1. The van der Waals surface area contributed by atoms with Crippen LogP contribution in [0.2, 0.25) is 0 Å². The van der Waals surface area contributed by atoms with E-state index >= 15 is 0 Å². The molecule has 0 saturated carbocycles. The predicted molar refractivity (Wildman–Crippen MR) is 63.3 cm³/mol. The van der Waals surface area contributed by atoms with E-state index in [2.05, 4.69) is 10.3 Å². The average molecular weight is 248 g/mol. The van der Waals surface area contributed by atoms with Crippen LogP contribution in [-0.2, 0) is 0 Å². The smallest absolute Gasteiger partial charge is 0.257 e. The molecule has 0 aliphatic carbocycles. The normalized spacial score (nSPS) is 10.2. The zero-order valence-electron chi connectivity index (χ0n) is 9.58. The number of halogens is 2. The van der Waals surface area contributed by atoms with E-state index in [1.54, 1.807) is 25.3 Å². The van der Waals surface area contributed by atoms with E-state index in [0.717, 1.165) is 6.07 Å². The molecule has 0 aliphatic heterocycles. The third kappa shape index (κ3) is 2.34. The summed E-state index contributed by atoms with van der Waals surface area (Å²) in [5.74, 6) is -2.60. The largest absolute Gasteiger partial charge is 0.319 e. The summed E-state index contributed by atoms with van der Waals surface area (Å²) in [5.41, 5.74) is 0.649. The van der Waals surface area contributed by atoms with Crippen LogP contribution in [0.1, 0.15) is 16.1 Å². The molecule has 5 heteroatoms. The molecular formula is C13H10F2N2O. The van der Waals surface area contributed by atoms with Gasteiger partial charge >= 0.3 is 0 Å². The number of aromatic nitrogens is 1. The highest BCUT2D eigenvalue weighted by Gasteiger charge is 2.13. The molecule has 0 spiro atoms. The minimum atomic E-state index is -1.08. The molecule has 0 radical (unpaired) electrons. The van der Waals surface area contributed by atoms with Crippen molar-refractivity contribution in [2.45, 2.75) is 6.92 Å². The fourth-order valence-corrected chi connectivity index (χ4v) is 1.51. The minimum absolute atomic E-state index is 0.191. The van der Waals surface area contributed by atoms with Gasteiger partial charge in [0, 0.05) is 11.9 Å². The fraction of sp³-hybridized carbons (Fsp3) is 0.0769. The summed E-state index contributed by atoms with van der Waals surface area (Å²) in [6, 6.07) is 6.77. The number of amides is 1. The summed E-state index contributed by atoms with van der Waals surface area (Å²) in [7, 11) is 0. The predicted octanol–water partition coefficient (Wildman–Crippen LogP) is 2.92. The van der Waals surface area contributed by atoms with Crippen LogP contribution in [0.25, 0.3) is 0 Å². The van der Waals surface area contributed by atoms with Crippen LogP contribution in [0.15, 0.2) is 36.5 Å². The van der Waals surface area contributed by atoms with Crippen molar-refractivity contribution in [1.29, 1.82) is 0 Å². The molecule has 0 bridgehead atoms. The number of hydrogen-bond acceptors (Lipinski definition) is 2. The number of carbonyl (C=O) groups excluding carboxylic acids is 1. The highest BCUT2D eigenvalue weighted by molar-refractivity contribution is 6.05. The molecule has 1 aromatic heterocycles. The fourth-order valence-electron chi connectivity index (χ4n) is 1.51. The van der Waals surface area contributed by atoms with Gasteiger partial charge in [0.2, 0.25) is 0 Å². The molecule has 0 unspecified atom stereocenters. The van der Waals surface area contributed by atoms with Crippen molar-refractivity contribution in [2.75, 3.05) is 5.32 Å². The highest BCUT2D eigenvalue weighted by atomic mass is 19.2. The molecule has 1 aromatic carbocycles. The Bertz CT molecular complexity index is 599. The Morgan fingerprint density at radius 3 is 2.72 bits per heavy atom. The van der Waals surface area contributed by atoms with Crippen LogP contribution in [0.4, 0.5) is 14.5 Å². The monoisotopic (exact) mass is 248 g/mol. The number of pyridine rings is 1. The second-order valence-corrected chi connectivity index (χ2v) is 3.69. The molecule has 2 aromatic rings. The second kappa shape index (κ2) is 4.91. The quantitative estimate of drug-likeness (QED) is 0.887. The van der Waals surface area contributed by atoms with E-state index < -0.39 is 17.5 Å². The number of aryl methyl sites for hydroxylation is 1. The number of benzene rings is 1. The van der Waals surface area contributed by atoms with Gasteiger partial charge in [0.1, 0.15) is 0 Å². The van der Waals surface area contributed by atoms with E-state index in [0.29, 0.717) is 11.3 Å². The molecule has 1 heterocycles. The van der Waals surface area contributed by atoms with Gasteiger partial charge < -0.3 is 5.32 Å². The van der Waals surface area contributed by atoms with Gasteiger partial charge in [0.15, 0.2) is 11.6 Å². The lowest BCUT2D eigenvalue weighted by molar-refractivity contribution is 0.102. The van der Waals surface area contributed by atoms with Gasteiger partial charge in [0.25, 0.3) is 5.91 Å². The lowest BCUT2D eigenvalue weighted by atomic mass is 10.2. The molecule has 0 fully saturated rings. The minimum Gasteiger partial charge on any atom is -0.319 e. The van der Waals surface area contributed by atoms with Crippen LogP contribution in [0.5, 0.6) is 0 Å².